The third-order valence-electron chi connectivity index (χ3n) is 4.65. The van der Waals surface area contributed by atoms with Crippen LogP contribution >= 0.6 is 0 Å². The van der Waals surface area contributed by atoms with Gasteiger partial charge in [0.05, 0.1) is 34.4 Å². The maximum absolute atomic E-state index is 11.4. The third-order valence-corrected chi connectivity index (χ3v) is 4.65. The second kappa shape index (κ2) is 9.38. The molecular weight excluding hydrogens is 366 g/mol. The highest BCUT2D eigenvalue weighted by Gasteiger charge is 2.39. The molecule has 0 unspecified atom stereocenters. The molecular formula is C19H27N3O6. The van der Waals surface area contributed by atoms with Crippen molar-refractivity contribution in [3.63, 3.8) is 0 Å². The summed E-state index contributed by atoms with van der Waals surface area (Å²) in [6.45, 7) is 3.65. The topological polar surface area (TPSA) is 105 Å². The number of hydrogen-bond acceptors (Lipinski definition) is 8. The lowest BCUT2D eigenvalue weighted by Gasteiger charge is -2.30. The lowest BCUT2D eigenvalue weighted by atomic mass is 9.89. The first kappa shape index (κ1) is 21.5. The lowest BCUT2D eigenvalue weighted by molar-refractivity contribution is -0.483. The number of nitro groups is 1. The van der Waals surface area contributed by atoms with Crippen LogP contribution in [0.1, 0.15) is 25.3 Å². The first-order chi connectivity index (χ1) is 13.4. The smallest absolute Gasteiger partial charge is 0.213 e. The molecule has 9 nitrogen and oxygen atoms in total. The highest BCUT2D eigenvalue weighted by molar-refractivity contribution is 5.94. The van der Waals surface area contributed by atoms with Crippen molar-refractivity contribution in [2.45, 2.75) is 31.8 Å². The summed E-state index contributed by atoms with van der Waals surface area (Å²) in [7, 11) is 6.07. The van der Waals surface area contributed by atoms with E-state index in [1.54, 1.807) is 18.2 Å². The van der Waals surface area contributed by atoms with E-state index >= 15 is 0 Å². The van der Waals surface area contributed by atoms with E-state index in [1.165, 1.54) is 28.4 Å². The minimum Gasteiger partial charge on any atom is -0.493 e. The monoisotopic (exact) mass is 393 g/mol. The van der Waals surface area contributed by atoms with Crippen molar-refractivity contribution in [1.82, 2.24) is 0 Å². The molecule has 0 aliphatic carbocycles. The molecule has 0 amide bonds. The Morgan fingerprint density at radius 1 is 0.964 bits per heavy atom. The zero-order valence-corrected chi connectivity index (χ0v) is 17.0. The van der Waals surface area contributed by atoms with Gasteiger partial charge in [-0.25, -0.2) is 9.98 Å². The fourth-order valence-corrected chi connectivity index (χ4v) is 3.21. The number of methoxy groups -OCH3 is 4. The van der Waals surface area contributed by atoms with Gasteiger partial charge in [0.15, 0.2) is 11.5 Å². The van der Waals surface area contributed by atoms with Crippen LogP contribution in [0, 0.1) is 16.0 Å². The number of rotatable bonds is 7. The normalized spacial score (nSPS) is 20.1. The van der Waals surface area contributed by atoms with Crippen molar-refractivity contribution in [3.05, 3.63) is 33.9 Å². The summed E-state index contributed by atoms with van der Waals surface area (Å²) in [5.41, 5.74) is 0.673. The summed E-state index contributed by atoms with van der Waals surface area (Å²) in [5, 5.41) is 11.4. The van der Waals surface area contributed by atoms with Gasteiger partial charge in [0.2, 0.25) is 18.3 Å². The molecule has 1 aromatic rings. The molecule has 1 heterocycles. The molecule has 0 fully saturated rings. The van der Waals surface area contributed by atoms with Gasteiger partial charge >= 0.3 is 0 Å². The number of nitrogens with zero attached hydrogens (tertiary/aromatic N) is 3. The Hall–Kier alpha value is -2.84. The van der Waals surface area contributed by atoms with Crippen LogP contribution < -0.4 is 9.47 Å². The number of aliphatic imine (C=N–C) groups is 2. The molecule has 3 atom stereocenters. The van der Waals surface area contributed by atoms with Crippen LogP contribution in [0.3, 0.4) is 0 Å². The van der Waals surface area contributed by atoms with Gasteiger partial charge in [-0.05, 0) is 23.6 Å². The van der Waals surface area contributed by atoms with E-state index in [0.29, 0.717) is 28.9 Å². The van der Waals surface area contributed by atoms with E-state index in [-0.39, 0.29) is 23.4 Å². The average Bonchev–Trinajstić information content (AvgIpc) is 2.70. The van der Waals surface area contributed by atoms with Gasteiger partial charge in [-0.1, -0.05) is 19.9 Å². The molecule has 0 bridgehead atoms. The zero-order chi connectivity index (χ0) is 20.8. The van der Waals surface area contributed by atoms with Crippen LogP contribution in [0.4, 0.5) is 0 Å². The minimum atomic E-state index is -0.682. The molecule has 28 heavy (non-hydrogen) atoms. The third kappa shape index (κ3) is 4.52. The zero-order valence-electron chi connectivity index (χ0n) is 17.0. The molecule has 0 N–H and O–H groups in total. The van der Waals surface area contributed by atoms with E-state index in [2.05, 4.69) is 9.98 Å². The molecule has 2 rings (SSSR count). The molecule has 1 aromatic carbocycles. The van der Waals surface area contributed by atoms with Crippen molar-refractivity contribution in [1.29, 1.82) is 0 Å². The summed E-state index contributed by atoms with van der Waals surface area (Å²) in [5.74, 6) is 1.33. The van der Waals surface area contributed by atoms with Gasteiger partial charge < -0.3 is 18.9 Å². The summed E-state index contributed by atoms with van der Waals surface area (Å²) in [6.07, 6.45) is 0. The molecule has 154 valence electrons. The fraction of sp³-hybridized carbons (Fsp3) is 0.579. The van der Waals surface area contributed by atoms with Gasteiger partial charge in [0.1, 0.15) is 12.1 Å². The Labute approximate surface area is 164 Å². The average molecular weight is 393 g/mol. The largest absolute Gasteiger partial charge is 0.493 e. The predicted molar refractivity (Wildman–Crippen MR) is 105 cm³/mol. The highest BCUT2D eigenvalue weighted by atomic mass is 16.6. The van der Waals surface area contributed by atoms with E-state index in [4.69, 9.17) is 18.9 Å². The number of hydrogen-bond donors (Lipinski definition) is 0. The van der Waals surface area contributed by atoms with Gasteiger partial charge in [0.25, 0.3) is 0 Å². The number of ether oxygens (including phenoxy) is 4. The summed E-state index contributed by atoms with van der Waals surface area (Å²) >= 11 is 0. The summed E-state index contributed by atoms with van der Waals surface area (Å²) < 4.78 is 21.5. The van der Waals surface area contributed by atoms with Crippen molar-refractivity contribution in [3.8, 4) is 11.5 Å². The maximum atomic E-state index is 11.4. The maximum Gasteiger partial charge on any atom is 0.213 e. The molecule has 0 radical (unpaired) electrons. The van der Waals surface area contributed by atoms with E-state index in [0.717, 1.165) is 0 Å². The Balaban J connectivity index is 2.54. The Morgan fingerprint density at radius 2 is 1.54 bits per heavy atom. The Kier molecular flexibility index (Phi) is 7.19. The first-order valence-electron chi connectivity index (χ1n) is 8.93. The van der Waals surface area contributed by atoms with Gasteiger partial charge in [-0.3, -0.25) is 10.1 Å². The van der Waals surface area contributed by atoms with Gasteiger partial charge in [-0.2, -0.15) is 0 Å². The van der Waals surface area contributed by atoms with Crippen LogP contribution in [0.2, 0.25) is 0 Å². The standard InChI is InChI=1S/C19H27N3O6/c1-11(2)16-18(27-5)21-17(19(20-16)28-6)13(10-22(23)24)12-7-8-14(25-3)15(9-12)26-4/h7-9,11,13,16-17H,10H2,1-6H3/t13-,16-,17+/m0/s1. The Bertz CT molecular complexity index is 762. The van der Waals surface area contributed by atoms with Crippen LogP contribution in [0.15, 0.2) is 28.2 Å². The van der Waals surface area contributed by atoms with Crippen LogP contribution in [-0.4, -0.2) is 63.8 Å². The van der Waals surface area contributed by atoms with Crippen LogP contribution in [-0.2, 0) is 9.47 Å². The minimum absolute atomic E-state index is 0.139. The quantitative estimate of drug-likeness (QED) is 0.521. The van der Waals surface area contributed by atoms with Crippen molar-refractivity contribution < 1.29 is 23.9 Å². The van der Waals surface area contributed by atoms with Crippen LogP contribution in [0.25, 0.3) is 0 Å². The molecule has 0 saturated carbocycles. The molecule has 0 aromatic heterocycles. The lowest BCUT2D eigenvalue weighted by Crippen LogP contribution is -2.41. The molecule has 0 spiro atoms. The van der Waals surface area contributed by atoms with Gasteiger partial charge in [0, 0.05) is 4.92 Å². The van der Waals surface area contributed by atoms with Crippen molar-refractivity contribution >= 4 is 11.8 Å². The van der Waals surface area contributed by atoms with Crippen LogP contribution in [0.5, 0.6) is 11.5 Å². The molecule has 0 saturated heterocycles. The summed E-state index contributed by atoms with van der Waals surface area (Å²) in [4.78, 5) is 20.3. The number of benzene rings is 1. The molecule has 1 aliphatic heterocycles. The predicted octanol–water partition coefficient (Wildman–Crippen LogP) is 2.56. The van der Waals surface area contributed by atoms with E-state index < -0.39 is 12.0 Å². The van der Waals surface area contributed by atoms with Crippen molar-refractivity contribution in [2.24, 2.45) is 15.9 Å². The SMILES string of the molecule is COC1=N[C@H]([C@@H](C[N+](=O)[O-])c2ccc(OC)c(OC)c2)C(OC)=N[C@H]1C(C)C. The molecule has 9 heteroatoms. The van der Waals surface area contributed by atoms with Crippen molar-refractivity contribution in [2.75, 3.05) is 35.0 Å². The second-order valence-corrected chi connectivity index (χ2v) is 6.71. The fourth-order valence-electron chi connectivity index (χ4n) is 3.21. The van der Waals surface area contributed by atoms with Gasteiger partial charge in [-0.15, -0.1) is 0 Å². The second-order valence-electron chi connectivity index (χ2n) is 6.71. The van der Waals surface area contributed by atoms with E-state index in [1.807, 2.05) is 13.8 Å². The first-order valence-corrected chi connectivity index (χ1v) is 8.93. The Morgan fingerprint density at radius 3 is 2.04 bits per heavy atom. The molecule has 1 aliphatic rings. The van der Waals surface area contributed by atoms with E-state index in [9.17, 15) is 10.1 Å². The highest BCUT2D eigenvalue weighted by Crippen LogP contribution is 2.34. The summed E-state index contributed by atoms with van der Waals surface area (Å²) in [6, 6.07) is 4.22.